The zero-order valence-corrected chi connectivity index (χ0v) is 21.5. The van der Waals surface area contributed by atoms with Gasteiger partial charge in [0.1, 0.15) is 5.58 Å². The van der Waals surface area contributed by atoms with Crippen molar-refractivity contribution in [2.75, 3.05) is 7.11 Å². The highest BCUT2D eigenvalue weighted by molar-refractivity contribution is 6.32. The van der Waals surface area contributed by atoms with Crippen LogP contribution in [0, 0.1) is 0 Å². The van der Waals surface area contributed by atoms with E-state index in [4.69, 9.17) is 42.2 Å². The summed E-state index contributed by atoms with van der Waals surface area (Å²) in [5.41, 5.74) is 1.11. The Labute approximate surface area is 225 Å². The summed E-state index contributed by atoms with van der Waals surface area (Å²) in [7, 11) is 1.40. The molecule has 2 heterocycles. The van der Waals surface area contributed by atoms with E-state index in [1.807, 2.05) is 0 Å². The number of halogens is 2. The number of furan rings is 1. The molecule has 0 radical (unpaired) electrons. The second-order valence-electron chi connectivity index (χ2n) is 8.24. The van der Waals surface area contributed by atoms with Gasteiger partial charge in [-0.25, -0.2) is 9.78 Å². The van der Waals surface area contributed by atoms with Crippen molar-refractivity contribution < 1.29 is 23.8 Å². The zero-order valence-electron chi connectivity index (χ0n) is 20.0. The summed E-state index contributed by atoms with van der Waals surface area (Å²) in [5.74, 6) is -0.370. The quantitative estimate of drug-likeness (QED) is 0.252. The van der Waals surface area contributed by atoms with Gasteiger partial charge < -0.3 is 19.0 Å². The number of carbonyl (C=O) groups is 1. The zero-order chi connectivity index (χ0) is 27.0. The Bertz CT molecular complexity index is 1790. The van der Waals surface area contributed by atoms with Crippen LogP contribution in [0.3, 0.4) is 0 Å². The molecule has 3 aromatic carbocycles. The second-order valence-corrected chi connectivity index (χ2v) is 9.08. The first-order chi connectivity index (χ1) is 18.2. The fourth-order valence-corrected chi connectivity index (χ4v) is 4.24. The molecule has 0 amide bonds. The van der Waals surface area contributed by atoms with E-state index in [9.17, 15) is 9.59 Å². The number of carboxylic acid groups (broad SMARTS) is 1. The van der Waals surface area contributed by atoms with Crippen LogP contribution in [0.2, 0.25) is 10.0 Å². The van der Waals surface area contributed by atoms with Crippen molar-refractivity contribution in [3.63, 3.8) is 0 Å². The van der Waals surface area contributed by atoms with Crippen LogP contribution in [-0.2, 0) is 4.79 Å². The predicted octanol–water partition coefficient (Wildman–Crippen LogP) is 5.86. The molecule has 2 aromatic heterocycles. The van der Waals surface area contributed by atoms with Crippen LogP contribution in [0.1, 0.15) is 12.5 Å². The first-order valence-electron chi connectivity index (χ1n) is 11.3. The van der Waals surface area contributed by atoms with Crippen LogP contribution < -0.4 is 15.0 Å². The van der Waals surface area contributed by atoms with Crippen LogP contribution >= 0.6 is 23.2 Å². The summed E-state index contributed by atoms with van der Waals surface area (Å²) in [5, 5.41) is 15.3. The van der Waals surface area contributed by atoms with E-state index >= 15 is 0 Å². The molecule has 0 aliphatic carbocycles. The topological polar surface area (TPSA) is 116 Å². The highest BCUT2D eigenvalue weighted by Gasteiger charge is 2.20. The second kappa shape index (κ2) is 10.2. The Hall–Kier alpha value is -4.34. The Morgan fingerprint density at radius 3 is 2.71 bits per heavy atom. The molecule has 0 aliphatic rings. The predicted molar refractivity (Wildman–Crippen MR) is 145 cm³/mol. The monoisotopic (exact) mass is 551 g/mol. The lowest BCUT2D eigenvalue weighted by molar-refractivity contribution is -0.144. The number of methoxy groups -OCH3 is 1. The normalized spacial score (nSPS) is 12.3. The number of carboxylic acids is 1. The molecule has 1 atom stereocenters. The van der Waals surface area contributed by atoms with Gasteiger partial charge in [0.05, 0.1) is 29.2 Å². The molecule has 38 heavy (non-hydrogen) atoms. The molecule has 9 nitrogen and oxygen atoms in total. The lowest BCUT2D eigenvalue weighted by atomic mass is 10.2. The average molecular weight is 552 g/mol. The third-order valence-electron chi connectivity index (χ3n) is 5.67. The van der Waals surface area contributed by atoms with E-state index in [1.165, 1.54) is 26.3 Å². The number of aliphatic carboxylic acids is 1. The lowest BCUT2D eigenvalue weighted by Gasteiger charge is -2.15. The smallest absolute Gasteiger partial charge is 0.344 e. The maximum Gasteiger partial charge on any atom is 0.344 e. The van der Waals surface area contributed by atoms with Crippen molar-refractivity contribution >= 4 is 57.3 Å². The van der Waals surface area contributed by atoms with Crippen molar-refractivity contribution in [1.82, 2.24) is 9.66 Å². The van der Waals surface area contributed by atoms with Crippen molar-refractivity contribution in [1.29, 1.82) is 0 Å². The Morgan fingerprint density at radius 2 is 1.95 bits per heavy atom. The van der Waals surface area contributed by atoms with Crippen LogP contribution in [0.25, 0.3) is 33.5 Å². The fraction of sp³-hybridized carbons (Fsp3) is 0.111. The van der Waals surface area contributed by atoms with E-state index in [2.05, 4.69) is 10.1 Å². The Morgan fingerprint density at radius 1 is 1.16 bits per heavy atom. The number of aromatic nitrogens is 2. The minimum Gasteiger partial charge on any atom is -0.493 e. The van der Waals surface area contributed by atoms with E-state index in [-0.39, 0.29) is 22.3 Å². The first kappa shape index (κ1) is 25.3. The van der Waals surface area contributed by atoms with Gasteiger partial charge in [-0.3, -0.25) is 4.79 Å². The van der Waals surface area contributed by atoms with E-state index in [0.29, 0.717) is 32.8 Å². The number of para-hydroxylation sites is 1. The van der Waals surface area contributed by atoms with Crippen molar-refractivity contribution in [2.24, 2.45) is 5.10 Å². The van der Waals surface area contributed by atoms with Crippen molar-refractivity contribution in [2.45, 2.75) is 13.0 Å². The molecule has 11 heteroatoms. The molecule has 1 N–H and O–H groups in total. The summed E-state index contributed by atoms with van der Waals surface area (Å²) < 4.78 is 17.9. The van der Waals surface area contributed by atoms with Crippen LogP contribution in [0.5, 0.6) is 11.5 Å². The maximum atomic E-state index is 13.5. The van der Waals surface area contributed by atoms with Gasteiger partial charge >= 0.3 is 5.97 Å². The van der Waals surface area contributed by atoms with Crippen LogP contribution in [0.15, 0.2) is 75.0 Å². The molecule has 0 spiro atoms. The molecular weight excluding hydrogens is 533 g/mol. The number of ether oxygens (including phenoxy) is 2. The molecule has 0 aliphatic heterocycles. The summed E-state index contributed by atoms with van der Waals surface area (Å²) >= 11 is 12.5. The number of fused-ring (bicyclic) bond motifs is 2. The van der Waals surface area contributed by atoms with Crippen molar-refractivity contribution in [3.8, 4) is 23.1 Å². The third-order valence-corrected chi connectivity index (χ3v) is 6.18. The Kier molecular flexibility index (Phi) is 6.79. The number of hydrogen-bond acceptors (Lipinski definition) is 7. The number of hydrogen-bond donors (Lipinski definition) is 1. The van der Waals surface area contributed by atoms with Gasteiger partial charge in [-0.2, -0.15) is 9.78 Å². The number of nitrogens with zero attached hydrogens (tertiary/aromatic N) is 3. The minimum atomic E-state index is -1.16. The fourth-order valence-electron chi connectivity index (χ4n) is 3.79. The van der Waals surface area contributed by atoms with Gasteiger partial charge in [0.25, 0.3) is 5.56 Å². The minimum absolute atomic E-state index is 0.0763. The summed E-state index contributed by atoms with van der Waals surface area (Å²) in [6.45, 7) is 1.38. The summed E-state index contributed by atoms with van der Waals surface area (Å²) in [6, 6.07) is 16.9. The molecule has 0 fully saturated rings. The lowest BCUT2D eigenvalue weighted by Crippen LogP contribution is -2.23. The molecule has 0 bridgehead atoms. The molecule has 0 unspecified atom stereocenters. The van der Waals surface area contributed by atoms with Gasteiger partial charge in [0.2, 0.25) is 5.82 Å². The van der Waals surface area contributed by atoms with Gasteiger partial charge in [0, 0.05) is 10.4 Å². The molecule has 192 valence electrons. The summed E-state index contributed by atoms with van der Waals surface area (Å²) in [4.78, 5) is 29.3. The molecule has 0 saturated carbocycles. The van der Waals surface area contributed by atoms with Gasteiger partial charge in [-0.1, -0.05) is 35.3 Å². The highest BCUT2D eigenvalue weighted by Crippen LogP contribution is 2.37. The van der Waals surface area contributed by atoms with Gasteiger partial charge in [-0.15, -0.1) is 0 Å². The van der Waals surface area contributed by atoms with E-state index in [0.717, 1.165) is 10.1 Å². The molecule has 5 aromatic rings. The summed E-state index contributed by atoms with van der Waals surface area (Å²) in [6.07, 6.45) is 0.254. The molecule has 5 rings (SSSR count). The molecule has 0 saturated heterocycles. The Balaban J connectivity index is 1.63. The number of benzene rings is 3. The molecular formula is C27H19Cl2N3O6. The van der Waals surface area contributed by atoms with Gasteiger partial charge in [0.15, 0.2) is 23.4 Å². The first-order valence-corrected chi connectivity index (χ1v) is 12.0. The average Bonchev–Trinajstić information content (AvgIpc) is 3.32. The SMILES string of the molecule is COc1cc(C=Nn2c(-c3cc4cc(Cl)ccc4o3)nc3ccccc3c2=O)cc(Cl)c1O[C@@H](C)C(=O)O. The van der Waals surface area contributed by atoms with E-state index in [1.54, 1.807) is 54.6 Å². The third kappa shape index (κ3) is 4.81. The maximum absolute atomic E-state index is 13.5. The van der Waals surface area contributed by atoms with Crippen molar-refractivity contribution in [3.05, 3.63) is 86.6 Å². The van der Waals surface area contributed by atoms with E-state index < -0.39 is 17.6 Å². The van der Waals surface area contributed by atoms with Gasteiger partial charge in [-0.05, 0) is 61.0 Å². The van der Waals surface area contributed by atoms with Crippen LogP contribution in [0.4, 0.5) is 0 Å². The highest BCUT2D eigenvalue weighted by atomic mass is 35.5. The largest absolute Gasteiger partial charge is 0.493 e. The number of rotatable bonds is 7. The standard InChI is InChI=1S/C27H19Cl2N3O6/c1-14(27(34)35)37-24-19(29)9-15(10-22(24)36-2)13-30-32-25(31-20-6-4-3-5-18(20)26(32)33)23-12-16-11-17(28)7-8-21(16)38-23/h3-14H,1-2H3,(H,34,35)/t14-/m0/s1. The van der Waals surface area contributed by atoms with Crippen LogP contribution in [-0.4, -0.2) is 40.2 Å².